The Hall–Kier alpha value is -2.93. The second kappa shape index (κ2) is 7.31. The summed E-state index contributed by atoms with van der Waals surface area (Å²) >= 11 is 1.65. The molecule has 0 saturated heterocycles. The Labute approximate surface area is 150 Å². The third-order valence-electron chi connectivity index (χ3n) is 3.61. The summed E-state index contributed by atoms with van der Waals surface area (Å²) in [5, 5.41) is 10.9. The summed E-state index contributed by atoms with van der Waals surface area (Å²) in [7, 11) is 3.97. The SMILES string of the molecule is Cc1ccc(-c2cc(C(=O)N/N=C\c3ccc(N(C)C)cc3)n[nH]2)s1. The Bertz CT molecular complexity index is 892. The highest BCUT2D eigenvalue weighted by Crippen LogP contribution is 2.26. The molecule has 1 aromatic carbocycles. The van der Waals surface area contributed by atoms with Crippen LogP contribution in [0.1, 0.15) is 20.9 Å². The highest BCUT2D eigenvalue weighted by atomic mass is 32.1. The maximum Gasteiger partial charge on any atom is 0.291 e. The van der Waals surface area contributed by atoms with Crippen LogP contribution in [0, 0.1) is 6.92 Å². The van der Waals surface area contributed by atoms with E-state index in [1.807, 2.05) is 62.3 Å². The molecule has 1 amide bonds. The van der Waals surface area contributed by atoms with Gasteiger partial charge in [-0.25, -0.2) is 5.43 Å². The van der Waals surface area contributed by atoms with E-state index in [1.54, 1.807) is 23.6 Å². The van der Waals surface area contributed by atoms with Crippen molar-refractivity contribution < 1.29 is 4.79 Å². The van der Waals surface area contributed by atoms with Crippen LogP contribution in [0.15, 0.2) is 47.6 Å². The van der Waals surface area contributed by atoms with Crippen LogP contribution in [0.3, 0.4) is 0 Å². The molecule has 2 N–H and O–H groups in total. The lowest BCUT2D eigenvalue weighted by atomic mass is 10.2. The summed E-state index contributed by atoms with van der Waals surface area (Å²) < 4.78 is 0. The predicted octanol–water partition coefficient (Wildman–Crippen LogP) is 3.28. The van der Waals surface area contributed by atoms with Crippen molar-refractivity contribution in [3.8, 4) is 10.6 Å². The number of aromatic amines is 1. The van der Waals surface area contributed by atoms with E-state index in [0.717, 1.165) is 21.8 Å². The second-order valence-corrected chi connectivity index (χ2v) is 7.05. The second-order valence-electron chi connectivity index (χ2n) is 5.76. The van der Waals surface area contributed by atoms with E-state index >= 15 is 0 Å². The fourth-order valence-electron chi connectivity index (χ4n) is 2.22. The van der Waals surface area contributed by atoms with Crippen molar-refractivity contribution in [2.24, 2.45) is 5.10 Å². The van der Waals surface area contributed by atoms with Gasteiger partial charge in [-0.3, -0.25) is 9.89 Å². The van der Waals surface area contributed by atoms with E-state index in [-0.39, 0.29) is 5.91 Å². The topological polar surface area (TPSA) is 73.4 Å². The van der Waals surface area contributed by atoms with Crippen LogP contribution in [-0.4, -0.2) is 36.4 Å². The molecule has 7 heteroatoms. The smallest absolute Gasteiger partial charge is 0.291 e. The molecule has 25 heavy (non-hydrogen) atoms. The molecule has 0 aliphatic heterocycles. The van der Waals surface area contributed by atoms with Crippen molar-refractivity contribution in [2.45, 2.75) is 6.92 Å². The van der Waals surface area contributed by atoms with Gasteiger partial charge in [0, 0.05) is 24.7 Å². The number of carbonyl (C=O) groups is 1. The number of carbonyl (C=O) groups excluding carboxylic acids is 1. The average Bonchev–Trinajstić information content (AvgIpc) is 3.24. The van der Waals surface area contributed by atoms with E-state index in [0.29, 0.717) is 5.69 Å². The normalized spacial score (nSPS) is 11.0. The molecule has 0 saturated carbocycles. The molecule has 128 valence electrons. The minimum Gasteiger partial charge on any atom is -0.378 e. The lowest BCUT2D eigenvalue weighted by molar-refractivity contribution is 0.0950. The zero-order valence-electron chi connectivity index (χ0n) is 14.3. The molecular formula is C18H19N5OS. The number of nitrogens with zero attached hydrogens (tertiary/aromatic N) is 3. The molecular weight excluding hydrogens is 334 g/mol. The fraction of sp³-hybridized carbons (Fsp3) is 0.167. The van der Waals surface area contributed by atoms with Crippen LogP contribution in [0.25, 0.3) is 10.6 Å². The highest BCUT2D eigenvalue weighted by molar-refractivity contribution is 7.15. The van der Waals surface area contributed by atoms with Gasteiger partial charge in [-0.15, -0.1) is 11.3 Å². The summed E-state index contributed by atoms with van der Waals surface area (Å²) in [5.41, 5.74) is 5.64. The largest absolute Gasteiger partial charge is 0.378 e. The van der Waals surface area contributed by atoms with Crippen molar-refractivity contribution >= 4 is 29.1 Å². The van der Waals surface area contributed by atoms with Gasteiger partial charge in [0.05, 0.1) is 16.8 Å². The van der Waals surface area contributed by atoms with Crippen molar-refractivity contribution in [1.82, 2.24) is 15.6 Å². The van der Waals surface area contributed by atoms with Crippen LogP contribution >= 0.6 is 11.3 Å². The minimum absolute atomic E-state index is 0.307. The summed E-state index contributed by atoms with van der Waals surface area (Å²) in [6, 6.07) is 13.6. The summed E-state index contributed by atoms with van der Waals surface area (Å²) in [6.07, 6.45) is 1.60. The van der Waals surface area contributed by atoms with Crippen molar-refractivity contribution in [2.75, 3.05) is 19.0 Å². The molecule has 0 atom stereocenters. The molecule has 0 radical (unpaired) electrons. The number of H-pyrrole nitrogens is 1. The molecule has 0 aliphatic carbocycles. The van der Waals surface area contributed by atoms with Gasteiger partial charge in [0.25, 0.3) is 5.91 Å². The molecule has 0 fully saturated rings. The first-order chi connectivity index (χ1) is 12.0. The van der Waals surface area contributed by atoms with E-state index in [9.17, 15) is 4.79 Å². The van der Waals surface area contributed by atoms with Gasteiger partial charge in [-0.05, 0) is 42.8 Å². The first-order valence-corrected chi connectivity index (χ1v) is 8.57. The number of hydrazone groups is 1. The van der Waals surface area contributed by atoms with Gasteiger partial charge in [-0.1, -0.05) is 12.1 Å². The zero-order chi connectivity index (χ0) is 17.8. The van der Waals surface area contributed by atoms with Crippen LogP contribution < -0.4 is 10.3 Å². The monoisotopic (exact) mass is 353 g/mol. The fourth-order valence-corrected chi connectivity index (χ4v) is 3.06. The van der Waals surface area contributed by atoms with Crippen molar-refractivity contribution in [3.63, 3.8) is 0 Å². The Morgan fingerprint density at radius 3 is 2.64 bits per heavy atom. The maximum atomic E-state index is 12.1. The minimum atomic E-state index is -0.350. The Morgan fingerprint density at radius 1 is 1.24 bits per heavy atom. The number of amides is 1. The Morgan fingerprint density at radius 2 is 2.00 bits per heavy atom. The molecule has 6 nitrogen and oxygen atoms in total. The van der Waals surface area contributed by atoms with Gasteiger partial charge >= 0.3 is 0 Å². The number of benzene rings is 1. The first-order valence-electron chi connectivity index (χ1n) is 7.76. The number of rotatable bonds is 5. The lowest BCUT2D eigenvalue weighted by Crippen LogP contribution is -2.18. The van der Waals surface area contributed by atoms with Gasteiger partial charge in [0.1, 0.15) is 0 Å². The van der Waals surface area contributed by atoms with Gasteiger partial charge < -0.3 is 4.90 Å². The summed E-state index contributed by atoms with van der Waals surface area (Å²) in [6.45, 7) is 2.04. The Balaban J connectivity index is 1.61. The van der Waals surface area contributed by atoms with Crippen LogP contribution in [-0.2, 0) is 0 Å². The van der Waals surface area contributed by atoms with E-state index in [4.69, 9.17) is 0 Å². The van der Waals surface area contributed by atoms with Gasteiger partial charge in [0.15, 0.2) is 5.69 Å². The molecule has 0 bridgehead atoms. The predicted molar refractivity (Wildman–Crippen MR) is 102 cm³/mol. The zero-order valence-corrected chi connectivity index (χ0v) is 15.1. The Kier molecular flexibility index (Phi) is 4.95. The number of anilines is 1. The van der Waals surface area contributed by atoms with Crippen molar-refractivity contribution in [1.29, 1.82) is 0 Å². The highest BCUT2D eigenvalue weighted by Gasteiger charge is 2.11. The van der Waals surface area contributed by atoms with Gasteiger partial charge in [-0.2, -0.15) is 10.2 Å². The van der Waals surface area contributed by atoms with Crippen molar-refractivity contribution in [3.05, 3.63) is 58.6 Å². The van der Waals surface area contributed by atoms with Crippen LogP contribution in [0.4, 0.5) is 5.69 Å². The standard InChI is InChI=1S/C18H19N5OS/c1-12-4-9-17(25-12)15-10-16(21-20-15)18(24)22-19-11-13-5-7-14(8-6-13)23(2)3/h4-11H,1-3H3,(H,20,21)(H,22,24)/b19-11-. The summed E-state index contributed by atoms with van der Waals surface area (Å²) in [4.78, 5) is 16.4. The lowest BCUT2D eigenvalue weighted by Gasteiger charge is -2.11. The van der Waals surface area contributed by atoms with E-state index in [2.05, 4.69) is 20.7 Å². The van der Waals surface area contributed by atoms with Crippen LogP contribution in [0.5, 0.6) is 0 Å². The van der Waals surface area contributed by atoms with Crippen LogP contribution in [0.2, 0.25) is 0 Å². The van der Waals surface area contributed by atoms with Gasteiger partial charge in [0.2, 0.25) is 0 Å². The third kappa shape index (κ3) is 4.13. The molecule has 3 aromatic rings. The molecule has 0 aliphatic rings. The molecule has 2 aromatic heterocycles. The number of hydrogen-bond acceptors (Lipinski definition) is 5. The van der Waals surface area contributed by atoms with E-state index < -0.39 is 0 Å². The molecule has 0 spiro atoms. The molecule has 2 heterocycles. The number of hydrogen-bond donors (Lipinski definition) is 2. The maximum absolute atomic E-state index is 12.1. The summed E-state index contributed by atoms with van der Waals surface area (Å²) in [5.74, 6) is -0.350. The number of nitrogens with one attached hydrogen (secondary N) is 2. The average molecular weight is 353 g/mol. The third-order valence-corrected chi connectivity index (χ3v) is 4.64. The molecule has 3 rings (SSSR count). The molecule has 0 unspecified atom stereocenters. The number of aromatic nitrogens is 2. The van der Waals surface area contributed by atoms with E-state index in [1.165, 1.54) is 4.88 Å². The quantitative estimate of drug-likeness (QED) is 0.546. The number of thiophene rings is 1. The first kappa shape index (κ1) is 16.9. The number of aryl methyl sites for hydroxylation is 1.